The molecule has 0 spiro atoms. The van der Waals surface area contributed by atoms with Crippen LogP contribution in [0.25, 0.3) is 32.7 Å². The lowest BCUT2D eigenvalue weighted by Gasteiger charge is -1.89. The number of rotatable bonds is 2. The maximum absolute atomic E-state index is 12.8. The van der Waals surface area contributed by atoms with Crippen LogP contribution in [-0.4, -0.2) is 40.4 Å². The van der Waals surface area contributed by atoms with E-state index >= 15 is 0 Å². The van der Waals surface area contributed by atoms with Gasteiger partial charge in [-0.05, 0) is 30.3 Å². The Balaban J connectivity index is 0.000000127. The molecule has 0 bridgehead atoms. The molecule has 15 heteroatoms. The molecule has 3 aromatic heterocycles. The van der Waals surface area contributed by atoms with Crippen molar-refractivity contribution in [3.05, 3.63) is 92.9 Å². The number of hydrogen-bond acceptors (Lipinski definition) is 8. The maximum Gasteiger partial charge on any atom is 0.271 e. The monoisotopic (exact) mass is 495 g/mol. The third-order valence-electron chi connectivity index (χ3n) is 4.87. The molecule has 0 radical (unpaired) electrons. The third-order valence-corrected chi connectivity index (χ3v) is 4.87. The van der Waals surface area contributed by atoms with Crippen LogP contribution in [0.2, 0.25) is 0 Å². The van der Waals surface area contributed by atoms with Gasteiger partial charge in [0.05, 0.1) is 37.8 Å². The third kappa shape index (κ3) is 5.04. The topological polar surface area (TPSA) is 198 Å². The highest BCUT2D eigenvalue weighted by Crippen LogP contribution is 2.20. The van der Waals surface area contributed by atoms with Crippen molar-refractivity contribution in [3.63, 3.8) is 0 Å². The molecule has 13 nitrogen and oxygen atoms in total. The zero-order valence-corrected chi connectivity index (χ0v) is 18.0. The highest BCUT2D eigenvalue weighted by atomic mass is 19.1. The molecule has 3 heterocycles. The van der Waals surface area contributed by atoms with Crippen LogP contribution in [0.4, 0.5) is 25.8 Å². The predicted octanol–water partition coefficient (Wildman–Crippen LogP) is 4.37. The number of benzene rings is 3. The molecule has 5 N–H and O–H groups in total. The van der Waals surface area contributed by atoms with Crippen molar-refractivity contribution in [1.82, 2.24) is 30.6 Å². The molecule has 0 saturated heterocycles. The number of nitro groups is 2. The lowest BCUT2D eigenvalue weighted by molar-refractivity contribution is -0.384. The Bertz CT molecular complexity index is 1710. The molecule has 0 fully saturated rings. The van der Waals surface area contributed by atoms with Gasteiger partial charge in [0.1, 0.15) is 5.52 Å². The summed E-state index contributed by atoms with van der Waals surface area (Å²) in [5.41, 5.74) is 7.52. The van der Waals surface area contributed by atoms with Crippen molar-refractivity contribution in [2.75, 3.05) is 5.73 Å². The number of anilines is 1. The molecule has 0 saturated carbocycles. The Morgan fingerprint density at radius 3 is 1.94 bits per heavy atom. The van der Waals surface area contributed by atoms with Crippen LogP contribution in [0.5, 0.6) is 0 Å². The number of nitrogen functional groups attached to an aromatic ring is 1. The number of aromatic nitrogens is 6. The summed E-state index contributed by atoms with van der Waals surface area (Å²) in [6.07, 6.45) is 1.62. The number of halogens is 2. The van der Waals surface area contributed by atoms with Gasteiger partial charge >= 0.3 is 0 Å². The van der Waals surface area contributed by atoms with Crippen LogP contribution in [-0.2, 0) is 0 Å². The number of nitrogens with one attached hydrogen (secondary N) is 3. The average Bonchev–Trinajstić information content (AvgIpc) is 3.58. The predicted molar refractivity (Wildman–Crippen MR) is 126 cm³/mol. The number of non-ortho nitro benzene ring substituents is 2. The lowest BCUT2D eigenvalue weighted by Crippen LogP contribution is -1.86. The van der Waals surface area contributed by atoms with Gasteiger partial charge in [-0.1, -0.05) is 0 Å². The van der Waals surface area contributed by atoms with Gasteiger partial charge in [0.2, 0.25) is 11.9 Å². The summed E-state index contributed by atoms with van der Waals surface area (Å²) < 4.78 is 25.5. The summed E-state index contributed by atoms with van der Waals surface area (Å²) >= 11 is 0. The van der Waals surface area contributed by atoms with Crippen LogP contribution >= 0.6 is 0 Å². The fourth-order valence-electron chi connectivity index (χ4n) is 3.12. The Morgan fingerprint density at radius 1 is 0.750 bits per heavy atom. The van der Waals surface area contributed by atoms with E-state index in [0.717, 1.165) is 5.39 Å². The van der Waals surface area contributed by atoms with E-state index in [1.807, 2.05) is 0 Å². The average molecular weight is 495 g/mol. The Hall–Kier alpha value is -5.47. The molecule has 0 aliphatic rings. The molecular formula is C21H15F2N9O4. The smallest absolute Gasteiger partial charge is 0.271 e. The number of H-pyrrole nitrogens is 3. The molecule has 3 aromatic carbocycles. The summed E-state index contributed by atoms with van der Waals surface area (Å²) in [6.45, 7) is 0. The molecule has 0 amide bonds. The van der Waals surface area contributed by atoms with E-state index in [2.05, 4.69) is 30.6 Å². The van der Waals surface area contributed by atoms with E-state index in [9.17, 15) is 29.0 Å². The summed E-state index contributed by atoms with van der Waals surface area (Å²) in [7, 11) is 0. The summed E-state index contributed by atoms with van der Waals surface area (Å²) in [6, 6.07) is 13.2. The van der Waals surface area contributed by atoms with Crippen LogP contribution in [0, 0.1) is 32.1 Å². The summed E-state index contributed by atoms with van der Waals surface area (Å²) in [4.78, 5) is 19.7. The van der Waals surface area contributed by atoms with Gasteiger partial charge in [-0.25, -0.2) is 0 Å². The molecule has 0 unspecified atom stereocenters. The van der Waals surface area contributed by atoms with Crippen molar-refractivity contribution >= 4 is 49.8 Å². The van der Waals surface area contributed by atoms with Crippen molar-refractivity contribution in [2.24, 2.45) is 0 Å². The van der Waals surface area contributed by atoms with Gasteiger partial charge < -0.3 is 5.73 Å². The number of fused-ring (bicyclic) bond motifs is 3. The molecule has 0 aliphatic heterocycles. The Morgan fingerprint density at radius 2 is 1.31 bits per heavy atom. The fourth-order valence-corrected chi connectivity index (χ4v) is 3.12. The van der Waals surface area contributed by atoms with Gasteiger partial charge in [-0.2, -0.15) is 24.1 Å². The van der Waals surface area contributed by atoms with E-state index in [-0.39, 0.29) is 22.3 Å². The first-order valence-electron chi connectivity index (χ1n) is 9.97. The lowest BCUT2D eigenvalue weighted by atomic mass is 10.2. The van der Waals surface area contributed by atoms with Crippen molar-refractivity contribution in [2.45, 2.75) is 0 Å². The number of nitro benzene ring substituents is 2. The van der Waals surface area contributed by atoms with E-state index in [4.69, 9.17) is 5.73 Å². The number of hydrogen-bond donors (Lipinski definition) is 4. The second-order valence-corrected chi connectivity index (χ2v) is 7.21. The summed E-state index contributed by atoms with van der Waals surface area (Å²) in [5.74, 6) is -0.995. The van der Waals surface area contributed by atoms with Crippen LogP contribution in [0.15, 0.2) is 60.8 Å². The summed E-state index contributed by atoms with van der Waals surface area (Å²) in [5, 5.41) is 40.3. The minimum Gasteiger partial charge on any atom is -0.399 e. The van der Waals surface area contributed by atoms with Crippen molar-refractivity contribution in [1.29, 1.82) is 0 Å². The quantitative estimate of drug-likeness (QED) is 0.154. The van der Waals surface area contributed by atoms with Gasteiger partial charge in [-0.3, -0.25) is 35.5 Å². The highest BCUT2D eigenvalue weighted by molar-refractivity contribution is 5.82. The van der Waals surface area contributed by atoms with E-state index in [1.54, 1.807) is 30.5 Å². The van der Waals surface area contributed by atoms with Gasteiger partial charge in [-0.15, -0.1) is 0 Å². The largest absolute Gasteiger partial charge is 0.399 e. The first-order chi connectivity index (χ1) is 17.2. The zero-order chi connectivity index (χ0) is 25.8. The minimum absolute atomic E-state index is 0.0757. The SMILES string of the molecule is Nc1ccc2c(F)[nH]nc2c1.O=[N+]([O-])c1ccc2c(F)[nH]nc2c1.O=[N+]([O-])c1ccc2cn[nH]c2c1. The number of nitrogens with two attached hydrogens (primary N) is 1. The van der Waals surface area contributed by atoms with Crippen LogP contribution in [0.3, 0.4) is 0 Å². The molecule has 6 rings (SSSR count). The van der Waals surface area contributed by atoms with Crippen LogP contribution in [0.1, 0.15) is 0 Å². The fraction of sp³-hybridized carbons (Fsp3) is 0. The first-order valence-corrected chi connectivity index (χ1v) is 9.97. The van der Waals surface area contributed by atoms with E-state index < -0.39 is 21.7 Å². The van der Waals surface area contributed by atoms with Crippen molar-refractivity contribution in [3.8, 4) is 0 Å². The minimum atomic E-state index is -0.579. The van der Waals surface area contributed by atoms with E-state index in [1.165, 1.54) is 30.3 Å². The van der Waals surface area contributed by atoms with Crippen molar-refractivity contribution < 1.29 is 18.6 Å². The number of nitrogens with zero attached hydrogens (tertiary/aromatic N) is 5. The molecule has 182 valence electrons. The molecule has 0 aliphatic carbocycles. The highest BCUT2D eigenvalue weighted by Gasteiger charge is 2.10. The van der Waals surface area contributed by atoms with Crippen LogP contribution < -0.4 is 5.73 Å². The van der Waals surface area contributed by atoms with Gasteiger partial charge in [0.25, 0.3) is 11.4 Å². The molecule has 6 aromatic rings. The molecular weight excluding hydrogens is 480 g/mol. The first kappa shape index (κ1) is 23.7. The van der Waals surface area contributed by atoms with Gasteiger partial charge in [0, 0.05) is 35.3 Å². The Kier molecular flexibility index (Phi) is 6.44. The second kappa shape index (κ2) is 9.80. The zero-order valence-electron chi connectivity index (χ0n) is 18.0. The standard InChI is InChI=1S/C7H4FN3O2.C7H6FN3.C7H5N3O2/c8-7-5-2-1-4(11(12)13)3-6(5)9-10-7;8-7-5-2-1-4(9)3-6(5)10-11-7;11-10(12)6-2-1-5-4-8-9-7(5)3-6/h1-3H,(H,9,10);1-3H,9H2,(H,10,11);1-4H,(H,8,9). The molecule has 0 atom stereocenters. The van der Waals surface area contributed by atoms with E-state index in [0.29, 0.717) is 22.1 Å². The Labute approximate surface area is 198 Å². The van der Waals surface area contributed by atoms with Gasteiger partial charge in [0.15, 0.2) is 0 Å². The maximum atomic E-state index is 12.8. The second-order valence-electron chi connectivity index (χ2n) is 7.21. The molecule has 36 heavy (non-hydrogen) atoms. The number of aromatic amines is 3. The normalized spacial score (nSPS) is 10.5.